The smallest absolute Gasteiger partial charge is 0.401 e. The third-order valence-electron chi connectivity index (χ3n) is 2.39. The number of hydrogen-bond donors (Lipinski definition) is 1. The van der Waals surface area contributed by atoms with Gasteiger partial charge in [0, 0.05) is 6.54 Å². The van der Waals surface area contributed by atoms with E-state index in [1.165, 1.54) is 0 Å². The molecule has 20 heavy (non-hydrogen) atoms. The van der Waals surface area contributed by atoms with E-state index in [0.717, 1.165) is 4.90 Å². The molecule has 1 rings (SSSR count). The first kappa shape index (κ1) is 16.3. The molecule has 0 aliphatic rings. The number of rotatable bonds is 8. The molecule has 1 aromatic carbocycles. The number of hydrogen-bond acceptors (Lipinski definition) is 3. The monoisotopic (exact) mass is 291 g/mol. The number of carboxylic acids is 1. The Balaban J connectivity index is 2.32. The Morgan fingerprint density at radius 1 is 1.25 bits per heavy atom. The standard InChI is InChI=1S/C13H16F3NO3/c14-13(15,16)10-17(9-12(18)19)7-4-8-20-11-5-2-1-3-6-11/h1-3,5-6H,4,7-10H2,(H,18,19). The largest absolute Gasteiger partial charge is 0.494 e. The van der Waals surface area contributed by atoms with Crippen LogP contribution in [0.2, 0.25) is 0 Å². The molecule has 1 N–H and O–H groups in total. The fourth-order valence-electron chi connectivity index (χ4n) is 1.65. The van der Waals surface area contributed by atoms with E-state index in [4.69, 9.17) is 9.84 Å². The third kappa shape index (κ3) is 7.63. The quantitative estimate of drug-likeness (QED) is 0.747. The molecular weight excluding hydrogens is 275 g/mol. The molecule has 112 valence electrons. The van der Waals surface area contributed by atoms with E-state index in [0.29, 0.717) is 12.2 Å². The predicted molar refractivity (Wildman–Crippen MR) is 66.7 cm³/mol. The summed E-state index contributed by atoms with van der Waals surface area (Å²) in [7, 11) is 0. The Hall–Kier alpha value is -1.76. The number of aliphatic carboxylic acids is 1. The number of halogens is 3. The molecule has 0 saturated heterocycles. The van der Waals surface area contributed by atoms with Crippen LogP contribution >= 0.6 is 0 Å². The highest BCUT2D eigenvalue weighted by molar-refractivity contribution is 5.69. The van der Waals surface area contributed by atoms with Crippen LogP contribution in [0.3, 0.4) is 0 Å². The van der Waals surface area contributed by atoms with Crippen molar-refractivity contribution in [3.63, 3.8) is 0 Å². The molecule has 0 aliphatic carbocycles. The topological polar surface area (TPSA) is 49.8 Å². The lowest BCUT2D eigenvalue weighted by Gasteiger charge is -2.21. The second kappa shape index (κ2) is 7.74. The molecule has 4 nitrogen and oxygen atoms in total. The summed E-state index contributed by atoms with van der Waals surface area (Å²) in [5.41, 5.74) is 0. The van der Waals surface area contributed by atoms with E-state index in [9.17, 15) is 18.0 Å². The van der Waals surface area contributed by atoms with Gasteiger partial charge in [-0.25, -0.2) is 0 Å². The van der Waals surface area contributed by atoms with Gasteiger partial charge in [-0.05, 0) is 18.6 Å². The summed E-state index contributed by atoms with van der Waals surface area (Å²) in [4.78, 5) is 11.4. The van der Waals surface area contributed by atoms with E-state index >= 15 is 0 Å². The molecule has 0 aliphatic heterocycles. The molecule has 0 spiro atoms. The number of alkyl halides is 3. The minimum absolute atomic E-state index is 0.0125. The van der Waals surface area contributed by atoms with Gasteiger partial charge in [0.15, 0.2) is 0 Å². The molecule has 0 aromatic heterocycles. The van der Waals surface area contributed by atoms with Crippen LogP contribution in [0.5, 0.6) is 5.75 Å². The van der Waals surface area contributed by atoms with Crippen LogP contribution in [0.15, 0.2) is 30.3 Å². The van der Waals surface area contributed by atoms with Gasteiger partial charge < -0.3 is 9.84 Å². The van der Waals surface area contributed by atoms with Gasteiger partial charge in [-0.1, -0.05) is 18.2 Å². The predicted octanol–water partition coefficient (Wildman–Crippen LogP) is 2.40. The van der Waals surface area contributed by atoms with Crippen molar-refractivity contribution in [3.05, 3.63) is 30.3 Å². The first-order chi connectivity index (χ1) is 9.37. The van der Waals surface area contributed by atoms with Gasteiger partial charge in [0.1, 0.15) is 5.75 Å². The zero-order valence-electron chi connectivity index (χ0n) is 10.8. The number of ether oxygens (including phenoxy) is 1. The van der Waals surface area contributed by atoms with Crippen molar-refractivity contribution in [1.29, 1.82) is 0 Å². The van der Waals surface area contributed by atoms with E-state index in [2.05, 4.69) is 0 Å². The Bertz CT molecular complexity index is 409. The minimum Gasteiger partial charge on any atom is -0.494 e. The van der Waals surface area contributed by atoms with Crippen molar-refractivity contribution < 1.29 is 27.8 Å². The minimum atomic E-state index is -4.41. The summed E-state index contributed by atoms with van der Waals surface area (Å²) in [5, 5.41) is 8.58. The average molecular weight is 291 g/mol. The van der Waals surface area contributed by atoms with Gasteiger partial charge in [-0.3, -0.25) is 9.69 Å². The van der Waals surface area contributed by atoms with Crippen molar-refractivity contribution in [1.82, 2.24) is 4.90 Å². The molecule has 1 aromatic rings. The van der Waals surface area contributed by atoms with Gasteiger partial charge in [-0.15, -0.1) is 0 Å². The highest BCUT2D eigenvalue weighted by Crippen LogP contribution is 2.16. The molecule has 0 atom stereocenters. The van der Waals surface area contributed by atoms with Crippen LogP contribution in [-0.2, 0) is 4.79 Å². The fourth-order valence-corrected chi connectivity index (χ4v) is 1.65. The number of carboxylic acid groups (broad SMARTS) is 1. The van der Waals surface area contributed by atoms with Crippen molar-refractivity contribution in [3.8, 4) is 5.75 Å². The molecule has 0 unspecified atom stereocenters. The third-order valence-corrected chi connectivity index (χ3v) is 2.39. The lowest BCUT2D eigenvalue weighted by atomic mass is 10.3. The van der Waals surface area contributed by atoms with E-state index in [1.54, 1.807) is 24.3 Å². The van der Waals surface area contributed by atoms with E-state index in [1.807, 2.05) is 6.07 Å². The lowest BCUT2D eigenvalue weighted by molar-refractivity contribution is -0.154. The number of nitrogens with zero attached hydrogens (tertiary/aromatic N) is 1. The SMILES string of the molecule is O=C(O)CN(CCCOc1ccccc1)CC(F)(F)F. The number of carbonyl (C=O) groups is 1. The summed E-state index contributed by atoms with van der Waals surface area (Å²) >= 11 is 0. The van der Waals surface area contributed by atoms with E-state index < -0.39 is 25.2 Å². The van der Waals surface area contributed by atoms with Gasteiger partial charge >= 0.3 is 12.1 Å². The average Bonchev–Trinajstić information content (AvgIpc) is 2.33. The first-order valence-corrected chi connectivity index (χ1v) is 6.05. The number of para-hydroxylation sites is 1. The second-order valence-corrected chi connectivity index (χ2v) is 4.23. The maximum absolute atomic E-state index is 12.3. The maximum atomic E-state index is 12.3. The maximum Gasteiger partial charge on any atom is 0.401 e. The Kier molecular flexibility index (Phi) is 6.30. The van der Waals surface area contributed by atoms with Gasteiger partial charge in [0.2, 0.25) is 0 Å². The van der Waals surface area contributed by atoms with Crippen molar-refractivity contribution >= 4 is 5.97 Å². The zero-order chi connectivity index (χ0) is 15.0. The Morgan fingerprint density at radius 2 is 1.90 bits per heavy atom. The van der Waals surface area contributed by atoms with Crippen LogP contribution in [0, 0.1) is 0 Å². The molecule has 0 fully saturated rings. The molecule has 0 amide bonds. The summed E-state index contributed by atoms with van der Waals surface area (Å²) in [6, 6.07) is 8.88. The van der Waals surface area contributed by atoms with Crippen LogP contribution in [-0.4, -0.2) is 48.4 Å². The summed E-state index contributed by atoms with van der Waals surface area (Å²) < 4.78 is 42.1. The summed E-state index contributed by atoms with van der Waals surface area (Å²) in [6.45, 7) is -1.62. The zero-order valence-corrected chi connectivity index (χ0v) is 10.8. The highest BCUT2D eigenvalue weighted by Gasteiger charge is 2.31. The van der Waals surface area contributed by atoms with Gasteiger partial charge in [0.05, 0.1) is 19.7 Å². The molecule has 0 heterocycles. The van der Waals surface area contributed by atoms with Crippen molar-refractivity contribution in [2.45, 2.75) is 12.6 Å². The lowest BCUT2D eigenvalue weighted by Crippen LogP contribution is -2.38. The van der Waals surface area contributed by atoms with Gasteiger partial charge in [-0.2, -0.15) is 13.2 Å². The Labute approximate surface area is 114 Å². The van der Waals surface area contributed by atoms with Crippen LogP contribution in [0.1, 0.15) is 6.42 Å². The Morgan fingerprint density at radius 3 is 2.45 bits per heavy atom. The number of benzene rings is 1. The van der Waals surface area contributed by atoms with Crippen molar-refractivity contribution in [2.24, 2.45) is 0 Å². The fraction of sp³-hybridized carbons (Fsp3) is 0.462. The van der Waals surface area contributed by atoms with Crippen LogP contribution in [0.25, 0.3) is 0 Å². The van der Waals surface area contributed by atoms with E-state index in [-0.39, 0.29) is 13.2 Å². The molecular formula is C13H16F3NO3. The highest BCUT2D eigenvalue weighted by atomic mass is 19.4. The van der Waals surface area contributed by atoms with Crippen LogP contribution < -0.4 is 4.74 Å². The molecule has 0 saturated carbocycles. The molecule has 0 bridgehead atoms. The normalized spacial score (nSPS) is 11.6. The van der Waals surface area contributed by atoms with Gasteiger partial charge in [0.25, 0.3) is 0 Å². The second-order valence-electron chi connectivity index (χ2n) is 4.23. The first-order valence-electron chi connectivity index (χ1n) is 6.05. The summed E-state index contributed by atoms with van der Waals surface area (Å²) in [6.07, 6.45) is -4.09. The summed E-state index contributed by atoms with van der Waals surface area (Å²) in [5.74, 6) is -0.647. The van der Waals surface area contributed by atoms with Crippen molar-refractivity contribution in [2.75, 3.05) is 26.2 Å². The molecule has 7 heteroatoms. The molecule has 0 radical (unpaired) electrons. The van der Waals surface area contributed by atoms with Crippen LogP contribution in [0.4, 0.5) is 13.2 Å².